The number of carbonyl (C=O) groups is 2. The van der Waals surface area contributed by atoms with Gasteiger partial charge in [-0.05, 0) is 55.2 Å². The Morgan fingerprint density at radius 3 is 2.70 bits per heavy atom. The molecule has 0 aromatic heterocycles. The molecule has 1 heterocycles. The van der Waals surface area contributed by atoms with E-state index in [0.29, 0.717) is 23.8 Å². The van der Waals surface area contributed by atoms with Gasteiger partial charge in [0.1, 0.15) is 5.75 Å². The molecule has 142 valence electrons. The van der Waals surface area contributed by atoms with Crippen molar-refractivity contribution in [3.05, 3.63) is 59.2 Å². The third kappa shape index (κ3) is 4.30. The molecule has 2 aromatic rings. The van der Waals surface area contributed by atoms with E-state index in [9.17, 15) is 9.59 Å². The SMILES string of the molecule is Cc1ccc2c(c1)N(Cc1cccc(C(=O)NC(C)C(C)C)c1)C(=O)CO2. The summed E-state index contributed by atoms with van der Waals surface area (Å²) in [6, 6.07) is 13.3. The average molecular weight is 366 g/mol. The van der Waals surface area contributed by atoms with Crippen molar-refractivity contribution in [2.45, 2.75) is 40.3 Å². The summed E-state index contributed by atoms with van der Waals surface area (Å²) in [7, 11) is 0. The first kappa shape index (κ1) is 19.0. The van der Waals surface area contributed by atoms with E-state index in [0.717, 1.165) is 16.8 Å². The molecular weight excluding hydrogens is 340 g/mol. The van der Waals surface area contributed by atoms with Crippen LogP contribution in [-0.4, -0.2) is 24.5 Å². The largest absolute Gasteiger partial charge is 0.482 e. The van der Waals surface area contributed by atoms with Crippen LogP contribution in [0.1, 0.15) is 42.3 Å². The summed E-state index contributed by atoms with van der Waals surface area (Å²) in [4.78, 5) is 26.7. The minimum Gasteiger partial charge on any atom is -0.482 e. The lowest BCUT2D eigenvalue weighted by molar-refractivity contribution is -0.121. The number of benzene rings is 2. The van der Waals surface area contributed by atoms with Crippen LogP contribution in [0.25, 0.3) is 0 Å². The summed E-state index contributed by atoms with van der Waals surface area (Å²) in [5.41, 5.74) is 3.34. The molecule has 0 fully saturated rings. The second-order valence-corrected chi connectivity index (χ2v) is 7.45. The van der Waals surface area contributed by atoms with Gasteiger partial charge in [0, 0.05) is 11.6 Å². The molecule has 0 spiro atoms. The normalized spacial score (nSPS) is 14.6. The molecule has 2 aromatic carbocycles. The lowest BCUT2D eigenvalue weighted by Gasteiger charge is -2.30. The van der Waals surface area contributed by atoms with Crippen molar-refractivity contribution >= 4 is 17.5 Å². The zero-order valence-electron chi connectivity index (χ0n) is 16.3. The van der Waals surface area contributed by atoms with E-state index in [1.807, 2.05) is 50.2 Å². The van der Waals surface area contributed by atoms with Crippen molar-refractivity contribution in [1.29, 1.82) is 0 Å². The van der Waals surface area contributed by atoms with Gasteiger partial charge in [-0.15, -0.1) is 0 Å². The maximum absolute atomic E-state index is 12.5. The van der Waals surface area contributed by atoms with Gasteiger partial charge in [0.05, 0.1) is 12.2 Å². The number of carbonyl (C=O) groups excluding carboxylic acids is 2. The van der Waals surface area contributed by atoms with E-state index < -0.39 is 0 Å². The Morgan fingerprint density at radius 1 is 1.19 bits per heavy atom. The topological polar surface area (TPSA) is 58.6 Å². The predicted octanol–water partition coefficient (Wildman–Crippen LogP) is 3.69. The maximum atomic E-state index is 12.5. The Balaban J connectivity index is 1.82. The Labute approximate surface area is 160 Å². The molecule has 27 heavy (non-hydrogen) atoms. The highest BCUT2D eigenvalue weighted by Gasteiger charge is 2.26. The average Bonchev–Trinajstić information content (AvgIpc) is 2.64. The Bertz CT molecular complexity index is 860. The maximum Gasteiger partial charge on any atom is 0.265 e. The van der Waals surface area contributed by atoms with Crippen molar-refractivity contribution in [1.82, 2.24) is 5.32 Å². The summed E-state index contributed by atoms with van der Waals surface area (Å²) in [5, 5.41) is 3.02. The van der Waals surface area contributed by atoms with E-state index >= 15 is 0 Å². The van der Waals surface area contributed by atoms with Gasteiger partial charge in [-0.3, -0.25) is 9.59 Å². The fourth-order valence-electron chi connectivity index (χ4n) is 2.94. The van der Waals surface area contributed by atoms with E-state index in [1.54, 1.807) is 11.0 Å². The Kier molecular flexibility index (Phi) is 5.49. The molecule has 1 unspecified atom stereocenters. The van der Waals surface area contributed by atoms with Gasteiger partial charge in [0.2, 0.25) is 0 Å². The molecule has 0 bridgehead atoms. The first-order valence-corrected chi connectivity index (χ1v) is 9.29. The highest BCUT2D eigenvalue weighted by molar-refractivity contribution is 5.98. The molecule has 3 rings (SSSR count). The summed E-state index contributed by atoms with van der Waals surface area (Å²) in [5.74, 6) is 0.890. The number of rotatable bonds is 5. The lowest BCUT2D eigenvalue weighted by Crippen LogP contribution is -2.38. The Hall–Kier alpha value is -2.82. The second kappa shape index (κ2) is 7.82. The lowest BCUT2D eigenvalue weighted by atomic mass is 10.0. The van der Waals surface area contributed by atoms with Gasteiger partial charge >= 0.3 is 0 Å². The highest BCUT2D eigenvalue weighted by Crippen LogP contribution is 2.33. The van der Waals surface area contributed by atoms with Crippen molar-refractivity contribution in [3.8, 4) is 5.75 Å². The van der Waals surface area contributed by atoms with Gasteiger partial charge in [-0.1, -0.05) is 32.0 Å². The molecule has 5 heteroatoms. The first-order chi connectivity index (χ1) is 12.8. The summed E-state index contributed by atoms with van der Waals surface area (Å²) in [6.07, 6.45) is 0. The molecule has 0 radical (unpaired) electrons. The quantitative estimate of drug-likeness (QED) is 0.878. The molecular formula is C22H26N2O3. The van der Waals surface area contributed by atoms with Crippen molar-refractivity contribution < 1.29 is 14.3 Å². The molecule has 0 saturated heterocycles. The zero-order valence-corrected chi connectivity index (χ0v) is 16.3. The minimum atomic E-state index is -0.0948. The van der Waals surface area contributed by atoms with Crippen LogP contribution in [0.4, 0.5) is 5.69 Å². The predicted molar refractivity (Wildman–Crippen MR) is 106 cm³/mol. The van der Waals surface area contributed by atoms with Crippen LogP contribution < -0.4 is 15.0 Å². The van der Waals surface area contributed by atoms with E-state index in [-0.39, 0.29) is 24.5 Å². The smallest absolute Gasteiger partial charge is 0.265 e. The zero-order chi connectivity index (χ0) is 19.6. The fourth-order valence-corrected chi connectivity index (χ4v) is 2.94. The van der Waals surface area contributed by atoms with Crippen LogP contribution in [0.2, 0.25) is 0 Å². The van der Waals surface area contributed by atoms with Crippen molar-refractivity contribution in [2.24, 2.45) is 5.92 Å². The van der Waals surface area contributed by atoms with Crippen molar-refractivity contribution in [3.63, 3.8) is 0 Å². The molecule has 1 aliphatic rings. The van der Waals surface area contributed by atoms with Gasteiger partial charge in [-0.2, -0.15) is 0 Å². The summed E-state index contributed by atoms with van der Waals surface area (Å²) < 4.78 is 5.53. The molecule has 1 atom stereocenters. The number of aryl methyl sites for hydroxylation is 1. The van der Waals surface area contributed by atoms with Crippen LogP contribution in [0, 0.1) is 12.8 Å². The number of nitrogens with zero attached hydrogens (tertiary/aromatic N) is 1. The van der Waals surface area contributed by atoms with E-state index in [1.165, 1.54) is 0 Å². The van der Waals surface area contributed by atoms with Crippen molar-refractivity contribution in [2.75, 3.05) is 11.5 Å². The van der Waals surface area contributed by atoms with Gasteiger partial charge in [0.15, 0.2) is 6.61 Å². The third-order valence-corrected chi connectivity index (χ3v) is 4.95. The number of anilines is 1. The fraction of sp³-hybridized carbons (Fsp3) is 0.364. The van der Waals surface area contributed by atoms with Crippen LogP contribution >= 0.6 is 0 Å². The molecule has 1 aliphatic heterocycles. The first-order valence-electron chi connectivity index (χ1n) is 9.29. The summed E-state index contributed by atoms with van der Waals surface area (Å²) in [6.45, 7) is 8.56. The second-order valence-electron chi connectivity index (χ2n) is 7.45. The van der Waals surface area contributed by atoms with Gasteiger partial charge in [-0.25, -0.2) is 0 Å². The van der Waals surface area contributed by atoms with Crippen LogP contribution in [-0.2, 0) is 11.3 Å². The summed E-state index contributed by atoms with van der Waals surface area (Å²) >= 11 is 0. The number of hydrogen-bond acceptors (Lipinski definition) is 3. The molecule has 0 aliphatic carbocycles. The standard InChI is InChI=1S/C22H26N2O3/c1-14(2)16(4)23-22(26)18-7-5-6-17(11-18)12-24-19-10-15(3)8-9-20(19)27-13-21(24)25/h5-11,14,16H,12-13H2,1-4H3,(H,23,26). The molecule has 1 N–H and O–H groups in total. The van der Waals surface area contributed by atoms with E-state index in [4.69, 9.17) is 4.74 Å². The van der Waals surface area contributed by atoms with Gasteiger partial charge < -0.3 is 15.0 Å². The minimum absolute atomic E-state index is 0.0299. The highest BCUT2D eigenvalue weighted by atomic mass is 16.5. The number of fused-ring (bicyclic) bond motifs is 1. The van der Waals surface area contributed by atoms with Crippen LogP contribution in [0.3, 0.4) is 0 Å². The molecule has 0 saturated carbocycles. The van der Waals surface area contributed by atoms with Crippen LogP contribution in [0.15, 0.2) is 42.5 Å². The number of nitrogens with one attached hydrogen (secondary N) is 1. The number of hydrogen-bond donors (Lipinski definition) is 1. The van der Waals surface area contributed by atoms with Gasteiger partial charge in [0.25, 0.3) is 11.8 Å². The van der Waals surface area contributed by atoms with Crippen LogP contribution in [0.5, 0.6) is 5.75 Å². The van der Waals surface area contributed by atoms with E-state index in [2.05, 4.69) is 19.2 Å². The Morgan fingerprint density at radius 2 is 1.96 bits per heavy atom. The molecule has 5 nitrogen and oxygen atoms in total. The monoisotopic (exact) mass is 366 g/mol. The third-order valence-electron chi connectivity index (χ3n) is 4.95. The molecule has 2 amide bonds. The number of ether oxygens (including phenoxy) is 1. The number of amides is 2.